The largest absolute Gasteiger partial charge is 0.488 e. The van der Waals surface area contributed by atoms with Gasteiger partial charge in [0, 0.05) is 5.56 Å². The monoisotopic (exact) mass is 457 g/mol. The van der Waals surface area contributed by atoms with Gasteiger partial charge in [0.05, 0.1) is 5.69 Å². The van der Waals surface area contributed by atoms with Crippen LogP contribution in [-0.2, 0) is 4.79 Å². The number of rotatable bonds is 8. The number of carbonyl (C=O) groups excluding carboxylic acids is 2. The van der Waals surface area contributed by atoms with Crippen molar-refractivity contribution in [3.05, 3.63) is 84.4 Å². The first-order valence-electron chi connectivity index (χ1n) is 11.1. The van der Waals surface area contributed by atoms with Gasteiger partial charge in [-0.05, 0) is 80.9 Å². The molecule has 0 bridgehead atoms. The van der Waals surface area contributed by atoms with E-state index in [4.69, 9.17) is 15.2 Å². The molecule has 34 heavy (non-hydrogen) atoms. The maximum Gasteiger partial charge on any atom is 0.270 e. The van der Waals surface area contributed by atoms with Crippen molar-refractivity contribution in [2.45, 2.75) is 38.8 Å². The van der Waals surface area contributed by atoms with Gasteiger partial charge in [0.2, 0.25) is 5.78 Å². The fourth-order valence-electron chi connectivity index (χ4n) is 3.33. The number of benzene rings is 3. The number of hydrogen-bond donors (Lipinski definition) is 1. The van der Waals surface area contributed by atoms with Gasteiger partial charge in [-0.1, -0.05) is 25.1 Å². The third kappa shape index (κ3) is 5.00. The van der Waals surface area contributed by atoms with Crippen molar-refractivity contribution in [2.75, 3.05) is 5.01 Å². The van der Waals surface area contributed by atoms with Gasteiger partial charge in [0.15, 0.2) is 0 Å². The van der Waals surface area contributed by atoms with Gasteiger partial charge in [-0.15, -0.1) is 0 Å². The standard InChI is InChI=1S/C27H27N3O4/c1-4-27(2,3)34-22-14-10-18(11-15-22)25(31)24-23(28)26(32)30(29-24)19-12-16-21(17-13-19)33-20-8-6-5-7-9-20/h5-17,23H,4,28H2,1-3H3. The first-order chi connectivity index (χ1) is 16.3. The summed E-state index contributed by atoms with van der Waals surface area (Å²) in [6, 6.07) is 21.9. The van der Waals surface area contributed by atoms with Gasteiger partial charge < -0.3 is 15.2 Å². The Kier molecular flexibility index (Phi) is 6.47. The highest BCUT2D eigenvalue weighted by Crippen LogP contribution is 2.27. The zero-order valence-corrected chi connectivity index (χ0v) is 19.4. The summed E-state index contributed by atoms with van der Waals surface area (Å²) in [6.07, 6.45) is 0.844. The second-order valence-corrected chi connectivity index (χ2v) is 8.59. The van der Waals surface area contributed by atoms with Crippen LogP contribution in [0.15, 0.2) is 84.0 Å². The van der Waals surface area contributed by atoms with E-state index >= 15 is 0 Å². The highest BCUT2D eigenvalue weighted by molar-refractivity contribution is 6.53. The van der Waals surface area contributed by atoms with Crippen LogP contribution in [0.2, 0.25) is 0 Å². The van der Waals surface area contributed by atoms with E-state index < -0.39 is 17.7 Å². The Hall–Kier alpha value is -3.97. The zero-order valence-electron chi connectivity index (χ0n) is 19.4. The van der Waals surface area contributed by atoms with Crippen molar-refractivity contribution < 1.29 is 19.1 Å². The molecule has 7 nitrogen and oxygen atoms in total. The van der Waals surface area contributed by atoms with Crippen LogP contribution in [0.3, 0.4) is 0 Å². The van der Waals surface area contributed by atoms with Crippen LogP contribution in [-0.4, -0.2) is 29.0 Å². The molecular formula is C27H27N3O4. The number of anilines is 1. The molecule has 0 saturated carbocycles. The van der Waals surface area contributed by atoms with E-state index in [1.54, 1.807) is 48.5 Å². The van der Waals surface area contributed by atoms with Crippen molar-refractivity contribution in [3.63, 3.8) is 0 Å². The molecule has 3 aromatic rings. The lowest BCUT2D eigenvalue weighted by Gasteiger charge is -2.24. The Bertz CT molecular complexity index is 1200. The zero-order chi connectivity index (χ0) is 24.3. The Morgan fingerprint density at radius 2 is 1.53 bits per heavy atom. The van der Waals surface area contributed by atoms with Crippen LogP contribution in [0.25, 0.3) is 0 Å². The Morgan fingerprint density at radius 3 is 2.15 bits per heavy atom. The lowest BCUT2D eigenvalue weighted by atomic mass is 10.0. The van der Waals surface area contributed by atoms with Gasteiger partial charge >= 0.3 is 0 Å². The molecule has 0 fully saturated rings. The summed E-state index contributed by atoms with van der Waals surface area (Å²) in [5, 5.41) is 5.42. The Morgan fingerprint density at radius 1 is 0.941 bits per heavy atom. The number of hydrazone groups is 1. The van der Waals surface area contributed by atoms with Crippen LogP contribution in [0.5, 0.6) is 17.2 Å². The van der Waals surface area contributed by atoms with E-state index in [0.717, 1.165) is 11.4 Å². The SMILES string of the molecule is CCC(C)(C)Oc1ccc(C(=O)C2=NN(c3ccc(Oc4ccccc4)cc3)C(=O)C2N)cc1. The molecule has 174 valence electrons. The minimum absolute atomic E-state index is 0.00262. The van der Waals surface area contributed by atoms with E-state index in [2.05, 4.69) is 5.10 Å². The summed E-state index contributed by atoms with van der Waals surface area (Å²) < 4.78 is 11.7. The van der Waals surface area contributed by atoms with Crippen LogP contribution in [0.1, 0.15) is 37.6 Å². The van der Waals surface area contributed by atoms with Crippen molar-refractivity contribution in [1.29, 1.82) is 0 Å². The second kappa shape index (κ2) is 9.49. The number of amides is 1. The quantitative estimate of drug-likeness (QED) is 0.483. The minimum atomic E-state index is -1.14. The summed E-state index contributed by atoms with van der Waals surface area (Å²) in [7, 11) is 0. The topological polar surface area (TPSA) is 94.2 Å². The van der Waals surface area contributed by atoms with E-state index in [1.165, 1.54) is 0 Å². The number of Topliss-reactive ketones (excluding diaryl/α,β-unsaturated/α-hetero) is 1. The molecule has 1 aliphatic rings. The molecule has 1 amide bonds. The normalized spacial score (nSPS) is 15.8. The van der Waals surface area contributed by atoms with E-state index in [-0.39, 0.29) is 11.3 Å². The molecule has 1 aliphatic heterocycles. The molecule has 3 aromatic carbocycles. The number of nitrogens with two attached hydrogens (primary N) is 1. The van der Waals surface area contributed by atoms with Gasteiger partial charge in [-0.2, -0.15) is 10.1 Å². The molecule has 0 spiro atoms. The number of nitrogens with zero attached hydrogens (tertiary/aromatic N) is 2. The summed E-state index contributed by atoms with van der Waals surface area (Å²) in [6.45, 7) is 6.04. The number of hydrogen-bond acceptors (Lipinski definition) is 6. The fraction of sp³-hybridized carbons (Fsp3) is 0.222. The van der Waals surface area contributed by atoms with Crippen molar-refractivity contribution in [3.8, 4) is 17.2 Å². The molecule has 0 saturated heterocycles. The van der Waals surface area contributed by atoms with Crippen molar-refractivity contribution in [1.82, 2.24) is 0 Å². The van der Waals surface area contributed by atoms with Crippen LogP contribution in [0.4, 0.5) is 5.69 Å². The number of ketones is 1. The Labute approximate surface area is 198 Å². The third-order valence-electron chi connectivity index (χ3n) is 5.63. The van der Waals surface area contributed by atoms with Crippen molar-refractivity contribution in [2.24, 2.45) is 10.8 Å². The molecule has 1 unspecified atom stereocenters. The van der Waals surface area contributed by atoms with Crippen LogP contribution < -0.4 is 20.2 Å². The maximum absolute atomic E-state index is 13.0. The molecule has 0 aliphatic carbocycles. The maximum atomic E-state index is 13.0. The molecule has 4 rings (SSSR count). The first kappa shape index (κ1) is 23.2. The molecule has 1 atom stereocenters. The molecule has 0 radical (unpaired) electrons. The Balaban J connectivity index is 1.49. The number of carbonyl (C=O) groups is 2. The van der Waals surface area contributed by atoms with Gasteiger partial charge in [0.1, 0.15) is 34.6 Å². The fourth-order valence-corrected chi connectivity index (χ4v) is 3.33. The predicted molar refractivity (Wildman–Crippen MR) is 132 cm³/mol. The lowest BCUT2D eigenvalue weighted by Crippen LogP contribution is -2.41. The van der Waals surface area contributed by atoms with E-state index in [9.17, 15) is 9.59 Å². The highest BCUT2D eigenvalue weighted by atomic mass is 16.5. The van der Waals surface area contributed by atoms with Crippen LogP contribution >= 0.6 is 0 Å². The number of ether oxygens (including phenoxy) is 2. The van der Waals surface area contributed by atoms with Gasteiger partial charge in [0.25, 0.3) is 5.91 Å². The molecule has 2 N–H and O–H groups in total. The molecule has 1 heterocycles. The average molecular weight is 458 g/mol. The first-order valence-corrected chi connectivity index (χ1v) is 11.1. The second-order valence-electron chi connectivity index (χ2n) is 8.59. The summed E-state index contributed by atoms with van der Waals surface area (Å²) >= 11 is 0. The minimum Gasteiger partial charge on any atom is -0.488 e. The van der Waals surface area contributed by atoms with E-state index in [0.29, 0.717) is 28.5 Å². The molecular weight excluding hydrogens is 430 g/mol. The average Bonchev–Trinajstić information content (AvgIpc) is 3.14. The van der Waals surface area contributed by atoms with Crippen LogP contribution in [0, 0.1) is 0 Å². The smallest absolute Gasteiger partial charge is 0.270 e. The van der Waals surface area contributed by atoms with E-state index in [1.807, 2.05) is 51.1 Å². The number of para-hydroxylation sites is 1. The lowest BCUT2D eigenvalue weighted by molar-refractivity contribution is -0.117. The summed E-state index contributed by atoms with van der Waals surface area (Å²) in [5.41, 5.74) is 6.63. The van der Waals surface area contributed by atoms with Gasteiger partial charge in [-0.3, -0.25) is 9.59 Å². The van der Waals surface area contributed by atoms with Gasteiger partial charge in [-0.25, -0.2) is 0 Å². The van der Waals surface area contributed by atoms with Crippen molar-refractivity contribution >= 4 is 23.1 Å². The summed E-state index contributed by atoms with van der Waals surface area (Å²) in [4.78, 5) is 25.8. The third-order valence-corrected chi connectivity index (χ3v) is 5.63. The molecule has 7 heteroatoms. The predicted octanol–water partition coefficient (Wildman–Crippen LogP) is 4.96. The summed E-state index contributed by atoms with van der Waals surface area (Å²) in [5.74, 6) is 1.12. The highest BCUT2D eigenvalue weighted by Gasteiger charge is 2.38. The molecule has 0 aromatic heterocycles.